The summed E-state index contributed by atoms with van der Waals surface area (Å²) in [4.78, 5) is 41.4. The first-order valence-corrected chi connectivity index (χ1v) is 13.2. The zero-order chi connectivity index (χ0) is 28.8. The van der Waals surface area contributed by atoms with E-state index in [2.05, 4.69) is 31.3 Å². The summed E-state index contributed by atoms with van der Waals surface area (Å²) in [5.41, 5.74) is 0.479. The van der Waals surface area contributed by atoms with E-state index in [1.54, 1.807) is 42.5 Å². The van der Waals surface area contributed by atoms with E-state index in [0.29, 0.717) is 33.9 Å². The van der Waals surface area contributed by atoms with Crippen molar-refractivity contribution in [3.63, 3.8) is 0 Å². The minimum Gasteiger partial charge on any atom is -0.493 e. The second-order valence-corrected chi connectivity index (χ2v) is 9.83. The van der Waals surface area contributed by atoms with E-state index in [-0.39, 0.29) is 22.6 Å². The third kappa shape index (κ3) is 6.64. The third-order valence-electron chi connectivity index (χ3n) is 5.62. The van der Waals surface area contributed by atoms with Crippen LogP contribution in [0.15, 0.2) is 69.0 Å². The number of amides is 1. The lowest BCUT2D eigenvalue weighted by molar-refractivity contribution is -0.385. The second kappa shape index (κ2) is 12.7. The van der Waals surface area contributed by atoms with Gasteiger partial charge in [-0.25, -0.2) is 4.98 Å². The van der Waals surface area contributed by atoms with Gasteiger partial charge in [-0.1, -0.05) is 34.5 Å². The molecule has 0 aliphatic rings. The van der Waals surface area contributed by atoms with Gasteiger partial charge in [0.2, 0.25) is 5.75 Å². The van der Waals surface area contributed by atoms with E-state index in [9.17, 15) is 19.7 Å². The minimum absolute atomic E-state index is 0.0108. The first-order valence-electron chi connectivity index (χ1n) is 12.0. The van der Waals surface area contributed by atoms with Gasteiger partial charge in [0.15, 0.2) is 12.4 Å². The molecular formula is C27H23BrClN5O6. The number of aromatic nitrogens is 2. The topological polar surface area (TPSA) is 138 Å². The van der Waals surface area contributed by atoms with Crippen LogP contribution in [-0.4, -0.2) is 40.4 Å². The maximum Gasteiger partial charge on any atom is 0.315 e. The molecule has 0 radical (unpaired) electrons. The lowest BCUT2D eigenvalue weighted by atomic mass is 10.2. The van der Waals surface area contributed by atoms with E-state index >= 15 is 0 Å². The van der Waals surface area contributed by atoms with E-state index in [0.717, 1.165) is 10.9 Å². The van der Waals surface area contributed by atoms with Crippen LogP contribution in [0.3, 0.4) is 0 Å². The molecule has 206 valence electrons. The number of methoxy groups -OCH3 is 1. The van der Waals surface area contributed by atoms with Crippen LogP contribution >= 0.6 is 27.5 Å². The molecule has 1 heterocycles. The molecule has 11 nitrogen and oxygen atoms in total. The van der Waals surface area contributed by atoms with Crippen molar-refractivity contribution in [1.82, 2.24) is 9.66 Å². The number of benzene rings is 3. The number of carbonyl (C=O) groups is 1. The molecule has 1 aromatic heterocycles. The van der Waals surface area contributed by atoms with Crippen molar-refractivity contribution in [2.75, 3.05) is 19.0 Å². The summed E-state index contributed by atoms with van der Waals surface area (Å²) in [5, 5.41) is 19.7. The van der Waals surface area contributed by atoms with Crippen LogP contribution in [0.25, 0.3) is 10.9 Å². The molecule has 0 unspecified atom stereocenters. The summed E-state index contributed by atoms with van der Waals surface area (Å²) in [6.07, 6.45) is 2.52. The summed E-state index contributed by atoms with van der Waals surface area (Å²) in [6, 6.07) is 14.3. The molecule has 0 fully saturated rings. The Morgan fingerprint density at radius 1 is 1.23 bits per heavy atom. The Morgan fingerprint density at radius 3 is 2.65 bits per heavy atom. The summed E-state index contributed by atoms with van der Waals surface area (Å²) in [7, 11) is 1.32. The number of hydrogen-bond donors (Lipinski definition) is 1. The van der Waals surface area contributed by atoms with Crippen molar-refractivity contribution in [2.24, 2.45) is 5.10 Å². The lowest BCUT2D eigenvalue weighted by Gasteiger charge is -2.12. The fourth-order valence-electron chi connectivity index (χ4n) is 3.81. The molecule has 0 atom stereocenters. The van der Waals surface area contributed by atoms with E-state index in [4.69, 9.17) is 21.1 Å². The number of nitrogens with one attached hydrogen (secondary N) is 1. The number of nitrogens with zero attached hydrogens (tertiary/aromatic N) is 4. The zero-order valence-corrected chi connectivity index (χ0v) is 23.7. The molecule has 1 amide bonds. The van der Waals surface area contributed by atoms with Gasteiger partial charge in [-0.2, -0.15) is 9.78 Å². The van der Waals surface area contributed by atoms with Crippen molar-refractivity contribution in [2.45, 2.75) is 19.8 Å². The number of carbonyl (C=O) groups excluding carboxylic acids is 1. The monoisotopic (exact) mass is 627 g/mol. The van der Waals surface area contributed by atoms with Crippen LogP contribution in [0.4, 0.5) is 11.4 Å². The zero-order valence-electron chi connectivity index (χ0n) is 21.4. The molecule has 40 heavy (non-hydrogen) atoms. The number of aryl methyl sites for hydroxylation is 1. The number of halogens is 2. The van der Waals surface area contributed by atoms with Gasteiger partial charge in [0.05, 0.1) is 29.2 Å². The van der Waals surface area contributed by atoms with Crippen LogP contribution < -0.4 is 20.3 Å². The highest BCUT2D eigenvalue weighted by atomic mass is 79.9. The Morgan fingerprint density at radius 2 is 1.98 bits per heavy atom. The van der Waals surface area contributed by atoms with Crippen molar-refractivity contribution >= 4 is 61.9 Å². The molecule has 0 spiro atoms. The van der Waals surface area contributed by atoms with Gasteiger partial charge in [-0.15, -0.1) is 0 Å². The molecule has 4 aromatic rings. The van der Waals surface area contributed by atoms with Crippen LogP contribution in [0, 0.1) is 10.1 Å². The van der Waals surface area contributed by atoms with Gasteiger partial charge in [-0.3, -0.25) is 19.7 Å². The molecule has 0 saturated carbocycles. The highest BCUT2D eigenvalue weighted by Crippen LogP contribution is 2.38. The van der Waals surface area contributed by atoms with E-state index < -0.39 is 23.1 Å². The molecule has 4 rings (SSSR count). The number of hydrogen-bond acceptors (Lipinski definition) is 8. The smallest absolute Gasteiger partial charge is 0.315 e. The maximum absolute atomic E-state index is 13.2. The Hall–Kier alpha value is -4.29. The number of anilines is 1. The van der Waals surface area contributed by atoms with Crippen molar-refractivity contribution in [1.29, 1.82) is 0 Å². The molecule has 0 bridgehead atoms. The Kier molecular flexibility index (Phi) is 9.12. The van der Waals surface area contributed by atoms with Crippen molar-refractivity contribution in [3.8, 4) is 11.5 Å². The van der Waals surface area contributed by atoms with Gasteiger partial charge in [0.25, 0.3) is 11.5 Å². The maximum atomic E-state index is 13.2. The third-order valence-corrected chi connectivity index (χ3v) is 6.37. The quantitative estimate of drug-likeness (QED) is 0.137. The number of ether oxygens (including phenoxy) is 2. The second-order valence-electron chi connectivity index (χ2n) is 8.47. The van der Waals surface area contributed by atoms with E-state index in [1.807, 2.05) is 6.92 Å². The summed E-state index contributed by atoms with van der Waals surface area (Å²) >= 11 is 9.22. The molecule has 3 aromatic carbocycles. The Labute approximate surface area is 241 Å². The average Bonchev–Trinajstić information content (AvgIpc) is 2.93. The van der Waals surface area contributed by atoms with Crippen LogP contribution in [0.5, 0.6) is 11.5 Å². The number of nitro benzene ring substituents is 1. The predicted molar refractivity (Wildman–Crippen MR) is 156 cm³/mol. The molecule has 13 heteroatoms. The number of nitro groups is 1. The lowest BCUT2D eigenvalue weighted by Crippen LogP contribution is -2.22. The Bertz CT molecular complexity index is 1670. The van der Waals surface area contributed by atoms with Crippen LogP contribution in [-0.2, 0) is 11.2 Å². The van der Waals surface area contributed by atoms with Crippen LogP contribution in [0.2, 0.25) is 5.02 Å². The minimum atomic E-state index is -0.657. The van der Waals surface area contributed by atoms with Gasteiger partial charge >= 0.3 is 5.69 Å². The van der Waals surface area contributed by atoms with Crippen LogP contribution in [0.1, 0.15) is 24.7 Å². The van der Waals surface area contributed by atoms with E-state index in [1.165, 1.54) is 30.1 Å². The molecule has 0 aliphatic heterocycles. The number of fused-ring (bicyclic) bond motifs is 1. The van der Waals surface area contributed by atoms with Crippen molar-refractivity contribution in [3.05, 3.63) is 95.9 Å². The fourth-order valence-corrected chi connectivity index (χ4v) is 4.29. The van der Waals surface area contributed by atoms with Gasteiger partial charge in [0.1, 0.15) is 5.82 Å². The number of rotatable bonds is 10. The predicted octanol–water partition coefficient (Wildman–Crippen LogP) is 5.58. The SMILES string of the molecule is CCCc1nc2ccc(Br)cc2c(=O)n1N=Cc1cc(OC)c(OCC(=O)Nc2ccc(Cl)cc2)c([N+](=O)[O-])c1. The average molecular weight is 629 g/mol. The van der Waals surface area contributed by atoms with Gasteiger partial charge < -0.3 is 14.8 Å². The van der Waals surface area contributed by atoms with Crippen molar-refractivity contribution < 1.29 is 19.2 Å². The molecular weight excluding hydrogens is 606 g/mol. The largest absolute Gasteiger partial charge is 0.493 e. The summed E-state index contributed by atoms with van der Waals surface area (Å²) < 4.78 is 12.7. The standard InChI is InChI=1S/C27H23BrClN5O6/c1-3-4-24-32-21-10-5-17(28)13-20(21)27(36)33(24)30-14-16-11-22(34(37)38)26(23(12-16)39-2)40-15-25(35)31-19-8-6-18(29)7-9-19/h5-14H,3-4,15H2,1-2H3,(H,31,35). The highest BCUT2D eigenvalue weighted by molar-refractivity contribution is 9.10. The summed E-state index contributed by atoms with van der Waals surface area (Å²) in [5.74, 6) is -0.303. The first-order chi connectivity index (χ1) is 19.2. The molecule has 0 aliphatic carbocycles. The Balaban J connectivity index is 1.65. The normalized spacial score (nSPS) is 11.1. The highest BCUT2D eigenvalue weighted by Gasteiger charge is 2.23. The summed E-state index contributed by atoms with van der Waals surface area (Å²) in [6.45, 7) is 1.44. The molecule has 0 saturated heterocycles. The van der Waals surface area contributed by atoms with Gasteiger partial charge in [0, 0.05) is 33.2 Å². The van der Waals surface area contributed by atoms with Gasteiger partial charge in [-0.05, 0) is 55.0 Å². The first kappa shape index (κ1) is 28.7. The molecule has 1 N–H and O–H groups in total. The fraction of sp³-hybridized carbons (Fsp3) is 0.185.